The molecule has 0 bridgehead atoms. The Morgan fingerprint density at radius 2 is 0.773 bits per heavy atom. The van der Waals surface area contributed by atoms with Gasteiger partial charge in [0.05, 0.1) is 30.6 Å². The number of aromatic amines is 2. The van der Waals surface area contributed by atoms with Crippen LogP contribution in [0.25, 0.3) is 44.8 Å². The second-order valence-electron chi connectivity index (χ2n) is 8.20. The Morgan fingerprint density at radius 3 is 1.02 bits per heavy atom. The number of hydrogen-bond donors (Lipinski definition) is 2. The van der Waals surface area contributed by atoms with Gasteiger partial charge in [-0.05, 0) is 24.3 Å². The molecule has 2 heterocycles. The summed E-state index contributed by atoms with van der Waals surface area (Å²) in [6.07, 6.45) is 0. The van der Waals surface area contributed by atoms with Crippen molar-refractivity contribution in [3.8, 4) is 22.8 Å². The Morgan fingerprint density at radius 1 is 0.477 bits per heavy atom. The number of aromatic nitrogens is 4. The quantitative estimate of drug-likeness (QED) is 0.122. The van der Waals surface area contributed by atoms with Crippen LogP contribution in [0.2, 0.25) is 0 Å². The molecule has 0 saturated carbocycles. The van der Waals surface area contributed by atoms with Crippen LogP contribution in [0, 0.1) is 0 Å². The molecule has 16 nitrogen and oxygen atoms in total. The third-order valence-corrected chi connectivity index (χ3v) is 8.92. The SMILES string of the molecule is O=S(=O)([O-])c1cc(S(=O)(=O)[O-])c2nc(-c3ccc(-c4nc5c(S(=O)(=O)[O-])cc(S(=O)(=O)[O-])cc5[nH]4)cc3)[nH]c2c1.[Na+].[Na+].[Na+].[Na+]. The fraction of sp³-hybridized carbons (Fsp3) is 0. The second kappa shape index (κ2) is 14.8. The summed E-state index contributed by atoms with van der Waals surface area (Å²) in [5.41, 5.74) is -0.710. The number of benzene rings is 3. The van der Waals surface area contributed by atoms with E-state index in [1.165, 1.54) is 24.3 Å². The molecule has 44 heavy (non-hydrogen) atoms. The van der Waals surface area contributed by atoms with Crippen LogP contribution in [0.4, 0.5) is 0 Å². The molecule has 2 N–H and O–H groups in total. The molecule has 5 rings (SSSR count). The Kier molecular flexibility index (Phi) is 14.2. The molecule has 0 saturated heterocycles. The molecular formula is C20H10N4Na4O12S4. The number of imidazole rings is 2. The summed E-state index contributed by atoms with van der Waals surface area (Å²) in [5.74, 6) is -0.0527. The van der Waals surface area contributed by atoms with Crippen molar-refractivity contribution in [3.05, 3.63) is 48.5 Å². The maximum Gasteiger partial charge on any atom is 1.00 e. The summed E-state index contributed by atoms with van der Waals surface area (Å²) in [6.45, 7) is 0. The first-order valence-electron chi connectivity index (χ1n) is 10.3. The summed E-state index contributed by atoms with van der Waals surface area (Å²) in [4.78, 5) is 9.37. The van der Waals surface area contributed by atoms with Crippen LogP contribution in [0.3, 0.4) is 0 Å². The largest absolute Gasteiger partial charge is 1.00 e. The van der Waals surface area contributed by atoms with Crippen molar-refractivity contribution in [3.63, 3.8) is 0 Å². The molecule has 0 spiro atoms. The topological polar surface area (TPSA) is 286 Å². The van der Waals surface area contributed by atoms with Crippen LogP contribution in [-0.4, -0.2) is 71.8 Å². The summed E-state index contributed by atoms with van der Waals surface area (Å²) in [7, 11) is -20.7. The van der Waals surface area contributed by atoms with Gasteiger partial charge in [-0.1, -0.05) is 24.3 Å². The van der Waals surface area contributed by atoms with Gasteiger partial charge in [0.2, 0.25) is 0 Å². The number of rotatable bonds is 6. The fourth-order valence-electron chi connectivity index (χ4n) is 3.85. The monoisotopic (exact) mass is 718 g/mol. The number of hydrogen-bond acceptors (Lipinski definition) is 14. The van der Waals surface area contributed by atoms with Gasteiger partial charge in [-0.2, -0.15) is 0 Å². The molecule has 0 amide bonds. The average molecular weight is 719 g/mol. The standard InChI is InChI=1S/C20H14N4O12S4.4Na/c25-37(26,27)11-5-13-17(15(7-11)39(31,32)33)23-19(21-13)9-1-2-10(4-3-9)20-22-14-6-12(38(28,29)30)8-16(18(14)24-20)40(34,35)36;;;;/h1-8H,(H,21,23)(H,22,24)(H,25,26,27)(H,28,29,30)(H,31,32,33)(H,34,35,36);;;;/q;4*+1/p-4. The Bertz CT molecular complexity index is 2160. The molecule has 24 heteroatoms. The van der Waals surface area contributed by atoms with E-state index in [1.807, 2.05) is 0 Å². The first-order valence-corrected chi connectivity index (χ1v) is 16.0. The molecule has 0 aliphatic heterocycles. The van der Waals surface area contributed by atoms with Crippen LogP contribution >= 0.6 is 0 Å². The predicted molar refractivity (Wildman–Crippen MR) is 128 cm³/mol. The molecule has 0 aliphatic rings. The van der Waals surface area contributed by atoms with Crippen LogP contribution < -0.4 is 118 Å². The van der Waals surface area contributed by atoms with E-state index in [0.29, 0.717) is 12.1 Å². The zero-order chi connectivity index (χ0) is 29.4. The first-order chi connectivity index (χ1) is 18.3. The van der Waals surface area contributed by atoms with Gasteiger partial charge in [-0.15, -0.1) is 0 Å². The molecule has 0 unspecified atom stereocenters. The van der Waals surface area contributed by atoms with Gasteiger partial charge >= 0.3 is 118 Å². The predicted octanol–water partition coefficient (Wildman–Crippen LogP) is -11.6. The van der Waals surface area contributed by atoms with Gasteiger partial charge in [0.25, 0.3) is 0 Å². The van der Waals surface area contributed by atoms with E-state index >= 15 is 0 Å². The summed E-state index contributed by atoms with van der Waals surface area (Å²) in [5, 5.41) is 0. The molecule has 210 valence electrons. The molecule has 0 radical (unpaired) electrons. The van der Waals surface area contributed by atoms with Crippen molar-refractivity contribution in [1.29, 1.82) is 0 Å². The van der Waals surface area contributed by atoms with Crippen molar-refractivity contribution in [2.45, 2.75) is 19.6 Å². The van der Waals surface area contributed by atoms with Gasteiger partial charge in [-0.3, -0.25) is 0 Å². The zero-order valence-corrected chi connectivity index (χ0v) is 34.3. The molecule has 0 fully saturated rings. The van der Waals surface area contributed by atoms with Crippen molar-refractivity contribution in [1.82, 2.24) is 19.9 Å². The minimum Gasteiger partial charge on any atom is -0.744 e. The number of fused-ring (bicyclic) bond motifs is 2. The first kappa shape index (κ1) is 42.3. The smallest absolute Gasteiger partial charge is 0.744 e. The molecule has 0 aliphatic carbocycles. The van der Waals surface area contributed by atoms with Gasteiger partial charge < -0.3 is 28.2 Å². The maximum absolute atomic E-state index is 11.7. The van der Waals surface area contributed by atoms with Crippen LogP contribution in [0.15, 0.2) is 68.1 Å². The Balaban J connectivity index is 0.00000242. The molecular weight excluding hydrogens is 708 g/mol. The summed E-state index contributed by atoms with van der Waals surface area (Å²) >= 11 is 0. The summed E-state index contributed by atoms with van der Waals surface area (Å²) in [6, 6.07) is 8.13. The zero-order valence-electron chi connectivity index (χ0n) is 23.0. The Hall–Kier alpha value is 0.240. The number of nitrogens with zero attached hydrogens (tertiary/aromatic N) is 2. The van der Waals surface area contributed by atoms with E-state index in [-0.39, 0.29) is 152 Å². The van der Waals surface area contributed by atoms with E-state index < -0.39 is 71.1 Å². The van der Waals surface area contributed by atoms with E-state index in [2.05, 4.69) is 19.9 Å². The van der Waals surface area contributed by atoms with Crippen molar-refractivity contribution >= 4 is 62.5 Å². The van der Waals surface area contributed by atoms with Crippen molar-refractivity contribution in [2.75, 3.05) is 0 Å². The fourth-order valence-corrected chi connectivity index (χ4v) is 6.38. The van der Waals surface area contributed by atoms with Crippen molar-refractivity contribution in [2.24, 2.45) is 0 Å². The van der Waals surface area contributed by atoms with Crippen LogP contribution in [-0.2, 0) is 40.5 Å². The average Bonchev–Trinajstić information content (AvgIpc) is 3.44. The minimum absolute atomic E-state index is 0. The van der Waals surface area contributed by atoms with E-state index in [1.54, 1.807) is 0 Å². The molecule has 3 aromatic carbocycles. The summed E-state index contributed by atoms with van der Waals surface area (Å²) < 4.78 is 139. The molecule has 0 atom stereocenters. The van der Waals surface area contributed by atoms with Crippen LogP contribution in [0.1, 0.15) is 0 Å². The van der Waals surface area contributed by atoms with Crippen molar-refractivity contribution < 1.29 is 170 Å². The second-order valence-corrected chi connectivity index (χ2v) is 13.7. The normalized spacial score (nSPS) is 12.1. The van der Waals surface area contributed by atoms with Crippen LogP contribution in [0.5, 0.6) is 0 Å². The van der Waals surface area contributed by atoms with Gasteiger partial charge in [0.1, 0.15) is 63.2 Å². The molecule has 5 aromatic rings. The minimum atomic E-state index is -5.23. The van der Waals surface area contributed by atoms with E-state index in [4.69, 9.17) is 0 Å². The number of H-pyrrole nitrogens is 2. The number of nitrogens with one attached hydrogen (secondary N) is 2. The molecule has 2 aromatic heterocycles. The maximum atomic E-state index is 11.7. The van der Waals surface area contributed by atoms with Gasteiger partial charge in [0, 0.05) is 11.1 Å². The van der Waals surface area contributed by atoms with E-state index in [9.17, 15) is 51.9 Å². The third-order valence-electron chi connectivity index (χ3n) is 5.60. The van der Waals surface area contributed by atoms with Gasteiger partial charge in [-0.25, -0.2) is 43.6 Å². The van der Waals surface area contributed by atoms with E-state index in [0.717, 1.165) is 12.1 Å². The third kappa shape index (κ3) is 8.82. The van der Waals surface area contributed by atoms with Gasteiger partial charge in [0.15, 0.2) is 0 Å². The Labute approximate surface area is 338 Å².